The fourth-order valence-electron chi connectivity index (χ4n) is 1.27. The third-order valence-corrected chi connectivity index (χ3v) is 3.08. The van der Waals surface area contributed by atoms with Crippen molar-refractivity contribution in [3.63, 3.8) is 0 Å². The van der Waals surface area contributed by atoms with Gasteiger partial charge in [-0.05, 0) is 40.9 Å². The van der Waals surface area contributed by atoms with Crippen LogP contribution in [0.3, 0.4) is 0 Å². The van der Waals surface area contributed by atoms with E-state index >= 15 is 0 Å². The second-order valence-corrected chi connectivity index (χ2v) is 4.56. The molecular weight excluding hydrogens is 284 g/mol. The number of rotatable bonds is 8. The molecule has 0 saturated carbocycles. The lowest BCUT2D eigenvalue weighted by atomic mass is 10.3. The van der Waals surface area contributed by atoms with E-state index in [1.54, 1.807) is 7.11 Å². The first kappa shape index (κ1) is 14.4. The van der Waals surface area contributed by atoms with Gasteiger partial charge in [-0.2, -0.15) is 0 Å². The van der Waals surface area contributed by atoms with Crippen LogP contribution in [0.25, 0.3) is 0 Å². The summed E-state index contributed by atoms with van der Waals surface area (Å²) in [6, 6.07) is 2.02. The van der Waals surface area contributed by atoms with Gasteiger partial charge >= 0.3 is 0 Å². The standard InChI is InChI=1S/C12H19BrN2O2/c1-10-8-12(15-9-11(10)13)14-4-3-5-17-7-6-16-2/h8-9H,3-7H2,1-2H3,(H,14,15). The molecule has 0 amide bonds. The highest BCUT2D eigenvalue weighted by Crippen LogP contribution is 2.16. The molecule has 1 heterocycles. The average Bonchev–Trinajstić information content (AvgIpc) is 2.32. The van der Waals surface area contributed by atoms with Gasteiger partial charge in [-0.3, -0.25) is 0 Å². The van der Waals surface area contributed by atoms with Crippen LogP contribution in [-0.2, 0) is 9.47 Å². The van der Waals surface area contributed by atoms with Gasteiger partial charge in [0.15, 0.2) is 0 Å². The van der Waals surface area contributed by atoms with Gasteiger partial charge in [-0.15, -0.1) is 0 Å². The zero-order chi connectivity index (χ0) is 12.5. The van der Waals surface area contributed by atoms with E-state index in [9.17, 15) is 0 Å². The van der Waals surface area contributed by atoms with E-state index in [1.807, 2.05) is 19.2 Å². The quantitative estimate of drug-likeness (QED) is 0.750. The fraction of sp³-hybridized carbons (Fsp3) is 0.583. The summed E-state index contributed by atoms with van der Waals surface area (Å²) >= 11 is 3.42. The van der Waals surface area contributed by atoms with Crippen molar-refractivity contribution in [3.8, 4) is 0 Å². The number of pyridine rings is 1. The van der Waals surface area contributed by atoms with Gasteiger partial charge in [0.05, 0.1) is 13.2 Å². The van der Waals surface area contributed by atoms with Crippen LogP contribution in [-0.4, -0.2) is 38.5 Å². The number of hydrogen-bond acceptors (Lipinski definition) is 4. The summed E-state index contributed by atoms with van der Waals surface area (Å²) in [5.74, 6) is 0.905. The zero-order valence-electron chi connectivity index (χ0n) is 10.3. The molecule has 0 radical (unpaired) electrons. The topological polar surface area (TPSA) is 43.4 Å². The van der Waals surface area contributed by atoms with Crippen LogP contribution in [0.15, 0.2) is 16.7 Å². The number of aromatic nitrogens is 1. The lowest BCUT2D eigenvalue weighted by Crippen LogP contribution is -2.09. The van der Waals surface area contributed by atoms with E-state index in [1.165, 1.54) is 5.56 Å². The molecule has 0 aromatic carbocycles. The van der Waals surface area contributed by atoms with Gasteiger partial charge in [0.2, 0.25) is 0 Å². The summed E-state index contributed by atoms with van der Waals surface area (Å²) in [5, 5.41) is 3.26. The molecule has 1 aromatic heterocycles. The smallest absolute Gasteiger partial charge is 0.126 e. The summed E-state index contributed by atoms with van der Waals surface area (Å²) in [7, 11) is 1.67. The van der Waals surface area contributed by atoms with Crippen LogP contribution in [0.1, 0.15) is 12.0 Å². The molecule has 0 bridgehead atoms. The Labute approximate surface area is 111 Å². The van der Waals surface area contributed by atoms with Crippen molar-refractivity contribution >= 4 is 21.7 Å². The lowest BCUT2D eigenvalue weighted by Gasteiger charge is -2.07. The number of anilines is 1. The highest BCUT2D eigenvalue weighted by Gasteiger charge is 1.98. The van der Waals surface area contributed by atoms with Crippen molar-refractivity contribution in [1.29, 1.82) is 0 Å². The number of methoxy groups -OCH3 is 1. The molecule has 17 heavy (non-hydrogen) atoms. The minimum atomic E-state index is 0.654. The molecule has 0 fully saturated rings. The molecule has 1 rings (SSSR count). The molecule has 5 heteroatoms. The number of halogens is 1. The molecular formula is C12H19BrN2O2. The molecule has 0 aliphatic carbocycles. The van der Waals surface area contributed by atoms with Gasteiger partial charge in [0.25, 0.3) is 0 Å². The summed E-state index contributed by atoms with van der Waals surface area (Å²) in [5.41, 5.74) is 1.18. The predicted molar refractivity (Wildman–Crippen MR) is 72.5 cm³/mol. The number of ether oxygens (including phenoxy) is 2. The Morgan fingerprint density at radius 1 is 1.35 bits per heavy atom. The maximum absolute atomic E-state index is 5.36. The first-order valence-corrected chi connectivity index (χ1v) is 6.46. The van der Waals surface area contributed by atoms with E-state index in [-0.39, 0.29) is 0 Å². The number of nitrogens with zero attached hydrogens (tertiary/aromatic N) is 1. The Morgan fingerprint density at radius 3 is 2.88 bits per heavy atom. The Hall–Kier alpha value is -0.650. The number of aryl methyl sites for hydroxylation is 1. The molecule has 0 unspecified atom stereocenters. The average molecular weight is 303 g/mol. The second-order valence-electron chi connectivity index (χ2n) is 3.70. The molecule has 0 spiro atoms. The van der Waals surface area contributed by atoms with Gasteiger partial charge in [0, 0.05) is 30.9 Å². The summed E-state index contributed by atoms with van der Waals surface area (Å²) in [4.78, 5) is 4.27. The van der Waals surface area contributed by atoms with E-state index in [2.05, 4.69) is 26.2 Å². The van der Waals surface area contributed by atoms with E-state index in [0.29, 0.717) is 13.2 Å². The molecule has 1 aromatic rings. The van der Waals surface area contributed by atoms with Crippen LogP contribution in [0, 0.1) is 6.92 Å². The highest BCUT2D eigenvalue weighted by atomic mass is 79.9. The third kappa shape index (κ3) is 6.00. The van der Waals surface area contributed by atoms with Crippen LogP contribution >= 0.6 is 15.9 Å². The Morgan fingerprint density at radius 2 is 2.18 bits per heavy atom. The first-order valence-electron chi connectivity index (χ1n) is 5.66. The van der Waals surface area contributed by atoms with Crippen molar-refractivity contribution in [2.45, 2.75) is 13.3 Å². The first-order chi connectivity index (χ1) is 8.24. The molecule has 1 N–H and O–H groups in total. The van der Waals surface area contributed by atoms with Crippen LogP contribution < -0.4 is 5.32 Å². The minimum Gasteiger partial charge on any atom is -0.382 e. The number of hydrogen-bond donors (Lipinski definition) is 1. The lowest BCUT2D eigenvalue weighted by molar-refractivity contribution is 0.0705. The Kier molecular flexibility index (Phi) is 7.16. The van der Waals surface area contributed by atoms with Crippen molar-refractivity contribution in [2.75, 3.05) is 38.8 Å². The van der Waals surface area contributed by atoms with Gasteiger partial charge < -0.3 is 14.8 Å². The Bertz CT molecular complexity index is 334. The van der Waals surface area contributed by atoms with Gasteiger partial charge in [-0.1, -0.05) is 0 Å². The fourth-order valence-corrected chi connectivity index (χ4v) is 1.49. The molecule has 0 saturated heterocycles. The van der Waals surface area contributed by atoms with Crippen molar-refractivity contribution in [1.82, 2.24) is 4.98 Å². The summed E-state index contributed by atoms with van der Waals surface area (Å²) < 4.78 is 11.3. The van der Waals surface area contributed by atoms with Crippen molar-refractivity contribution < 1.29 is 9.47 Å². The van der Waals surface area contributed by atoms with Crippen LogP contribution in [0.5, 0.6) is 0 Å². The van der Waals surface area contributed by atoms with Crippen LogP contribution in [0.2, 0.25) is 0 Å². The third-order valence-electron chi connectivity index (χ3n) is 2.25. The molecule has 0 aliphatic heterocycles. The SMILES string of the molecule is COCCOCCCNc1cc(C)c(Br)cn1. The molecule has 4 nitrogen and oxygen atoms in total. The highest BCUT2D eigenvalue weighted by molar-refractivity contribution is 9.10. The second kappa shape index (κ2) is 8.44. The molecule has 0 aliphatic rings. The largest absolute Gasteiger partial charge is 0.382 e. The minimum absolute atomic E-state index is 0.654. The molecule has 96 valence electrons. The predicted octanol–water partition coefficient (Wildman–Crippen LogP) is 2.62. The van der Waals surface area contributed by atoms with Gasteiger partial charge in [0.1, 0.15) is 5.82 Å². The normalized spacial score (nSPS) is 10.5. The van der Waals surface area contributed by atoms with Crippen LogP contribution in [0.4, 0.5) is 5.82 Å². The zero-order valence-corrected chi connectivity index (χ0v) is 11.9. The summed E-state index contributed by atoms with van der Waals surface area (Å²) in [6.45, 7) is 4.96. The molecule has 0 atom stereocenters. The maximum atomic E-state index is 5.36. The summed E-state index contributed by atoms with van der Waals surface area (Å²) in [6.07, 6.45) is 2.77. The van der Waals surface area contributed by atoms with E-state index in [0.717, 1.165) is 29.9 Å². The van der Waals surface area contributed by atoms with Crippen molar-refractivity contribution in [2.24, 2.45) is 0 Å². The monoisotopic (exact) mass is 302 g/mol. The van der Waals surface area contributed by atoms with Crippen molar-refractivity contribution in [3.05, 3.63) is 22.3 Å². The van der Waals surface area contributed by atoms with E-state index in [4.69, 9.17) is 9.47 Å². The number of nitrogens with one attached hydrogen (secondary N) is 1. The van der Waals surface area contributed by atoms with Gasteiger partial charge in [-0.25, -0.2) is 4.98 Å². The van der Waals surface area contributed by atoms with E-state index < -0.39 is 0 Å². The Balaban J connectivity index is 2.11. The maximum Gasteiger partial charge on any atom is 0.126 e.